The Kier molecular flexibility index (Phi) is 15.4. The van der Waals surface area contributed by atoms with Crippen molar-refractivity contribution in [3.63, 3.8) is 0 Å². The molecule has 62 heavy (non-hydrogen) atoms. The molecule has 1 N–H and O–H groups in total. The molecule has 6 rings (SSSR count). The van der Waals surface area contributed by atoms with Gasteiger partial charge in [0.2, 0.25) is 0 Å². The Balaban J connectivity index is 0.000000234. The van der Waals surface area contributed by atoms with Crippen LogP contribution in [0.5, 0.6) is 0 Å². The maximum absolute atomic E-state index is 11.7. The third-order valence-corrected chi connectivity index (χ3v) is 27.4. The molecule has 0 heterocycles. The molecule has 0 unspecified atom stereocenters. The fourth-order valence-corrected chi connectivity index (χ4v) is 21.1. The van der Waals surface area contributed by atoms with Gasteiger partial charge in [-0.15, -0.1) is 0 Å². The number of aliphatic hydroxyl groups is 1. The van der Waals surface area contributed by atoms with E-state index in [0.29, 0.717) is 17.8 Å². The summed E-state index contributed by atoms with van der Waals surface area (Å²) in [5.74, 6) is 1.26. The van der Waals surface area contributed by atoms with Crippen molar-refractivity contribution in [1.29, 1.82) is 0 Å². The lowest BCUT2D eigenvalue weighted by Crippen LogP contribution is -2.67. The summed E-state index contributed by atoms with van der Waals surface area (Å²) in [5, 5.41) is 15.2. The molecule has 2 aliphatic carbocycles. The summed E-state index contributed by atoms with van der Waals surface area (Å²) in [6, 6.07) is 43.6. The molecule has 6 heteroatoms. The number of hydrogen-bond acceptors (Lipinski definition) is 4. The Morgan fingerprint density at radius 1 is 0.565 bits per heavy atom. The molecule has 338 valence electrons. The monoisotopic (exact) mass is 875 g/mol. The van der Waals surface area contributed by atoms with Gasteiger partial charge < -0.3 is 18.8 Å². The van der Waals surface area contributed by atoms with Crippen molar-refractivity contribution < 1.29 is 18.8 Å². The molecule has 0 radical (unpaired) electrons. The van der Waals surface area contributed by atoms with Crippen molar-refractivity contribution in [3.05, 3.63) is 121 Å². The molecule has 2 saturated carbocycles. The topological polar surface area (TPSA) is 55.8 Å². The Morgan fingerprint density at radius 2 is 0.855 bits per heavy atom. The summed E-state index contributed by atoms with van der Waals surface area (Å²) in [5.41, 5.74) is 0.286. The van der Waals surface area contributed by atoms with Gasteiger partial charge in [0.25, 0.3) is 16.6 Å². The van der Waals surface area contributed by atoms with Gasteiger partial charge in [-0.25, -0.2) is 0 Å². The zero-order chi connectivity index (χ0) is 45.8. The van der Waals surface area contributed by atoms with E-state index in [2.05, 4.69) is 218 Å². The fraction of sp³-hybridized carbons (Fsp3) is 0.554. The van der Waals surface area contributed by atoms with Crippen LogP contribution in [0, 0.1) is 45.3 Å². The number of hydrogen-bond donors (Lipinski definition) is 1. The summed E-state index contributed by atoms with van der Waals surface area (Å²) >= 11 is 0. The highest BCUT2D eigenvalue weighted by Gasteiger charge is 2.58. The van der Waals surface area contributed by atoms with E-state index in [1.54, 1.807) is 0 Å². The molecule has 4 nitrogen and oxygen atoms in total. The van der Waals surface area contributed by atoms with Gasteiger partial charge in [-0.2, -0.15) is 0 Å². The van der Waals surface area contributed by atoms with Gasteiger partial charge in [0.15, 0.2) is 0 Å². The van der Waals surface area contributed by atoms with Crippen LogP contribution in [0.3, 0.4) is 0 Å². The first-order chi connectivity index (χ1) is 29.0. The molecule has 0 bridgehead atoms. The van der Waals surface area contributed by atoms with Crippen molar-refractivity contribution in [3.8, 4) is 0 Å². The molecule has 4 aromatic rings. The summed E-state index contributed by atoms with van der Waals surface area (Å²) in [7, 11) is -5.04. The molecule has 6 atom stereocenters. The van der Waals surface area contributed by atoms with Crippen LogP contribution in [0.2, 0.25) is 10.1 Å². The highest BCUT2D eigenvalue weighted by atomic mass is 28.4. The molecule has 0 aromatic heterocycles. The lowest BCUT2D eigenvalue weighted by Gasteiger charge is -2.47. The smallest absolute Gasteiger partial charge is 0.261 e. The molecule has 2 aliphatic rings. The summed E-state index contributed by atoms with van der Waals surface area (Å²) in [6.07, 6.45) is 5.64. The van der Waals surface area contributed by atoms with E-state index in [4.69, 9.17) is 8.85 Å². The maximum atomic E-state index is 11.7. The Hall–Kier alpha value is -3.14. The second-order valence-corrected chi connectivity index (χ2v) is 31.3. The zero-order valence-corrected chi connectivity index (χ0v) is 43.1. The third kappa shape index (κ3) is 8.94. The van der Waals surface area contributed by atoms with Crippen LogP contribution in [0.4, 0.5) is 0 Å². The molecule has 0 aliphatic heterocycles. The van der Waals surface area contributed by atoms with Crippen LogP contribution < -0.4 is 20.7 Å². The molecule has 0 spiro atoms. The second-order valence-electron chi connectivity index (χ2n) is 22.7. The third-order valence-electron chi connectivity index (χ3n) is 17.4. The van der Waals surface area contributed by atoms with Gasteiger partial charge in [-0.05, 0) is 95.9 Å². The number of rotatable bonds is 14. The Morgan fingerprint density at radius 3 is 1.13 bits per heavy atom. The summed E-state index contributed by atoms with van der Waals surface area (Å²) < 4.78 is 14.5. The van der Waals surface area contributed by atoms with Crippen LogP contribution in [-0.4, -0.2) is 47.8 Å². The SMILES string of the molecule is C[C@@H](C=O)[C@@]1(C)CC[C@@H](CO[Si](c2ccccc2)(c2ccccc2)C(C)(C)C)C1(C)C.C[C@@H](CO)[C@@]1(C)CC[C@@H](CO[Si](c2ccccc2)(c2ccccc2)C(C)(C)C)C1(C)C. The van der Waals surface area contributed by atoms with Crippen LogP contribution in [0.25, 0.3) is 0 Å². The average Bonchev–Trinajstić information content (AvgIpc) is 3.63. The van der Waals surface area contributed by atoms with E-state index in [1.165, 1.54) is 20.7 Å². The van der Waals surface area contributed by atoms with Gasteiger partial charge in [-0.1, -0.05) is 218 Å². The van der Waals surface area contributed by atoms with Crippen LogP contribution >= 0.6 is 0 Å². The maximum Gasteiger partial charge on any atom is 0.261 e. The molecule has 0 saturated heterocycles. The molecule has 0 amide bonds. The number of carbonyl (C=O) groups excluding carboxylic acids is 1. The average molecular weight is 875 g/mol. The van der Waals surface area contributed by atoms with Crippen LogP contribution in [0.1, 0.15) is 123 Å². The van der Waals surface area contributed by atoms with Crippen molar-refractivity contribution in [2.75, 3.05) is 19.8 Å². The van der Waals surface area contributed by atoms with Crippen molar-refractivity contribution in [2.45, 2.75) is 133 Å². The molecule has 4 aromatic carbocycles. The predicted molar refractivity (Wildman–Crippen MR) is 268 cm³/mol. The van der Waals surface area contributed by atoms with Crippen LogP contribution in [0.15, 0.2) is 121 Å². The highest BCUT2D eigenvalue weighted by molar-refractivity contribution is 7.00. The predicted octanol–water partition coefficient (Wildman–Crippen LogP) is 11.5. The Bertz CT molecular complexity index is 1920. The highest BCUT2D eigenvalue weighted by Crippen LogP contribution is 2.61. The van der Waals surface area contributed by atoms with E-state index in [1.807, 2.05) is 0 Å². The summed E-state index contributed by atoms with van der Waals surface area (Å²) in [4.78, 5) is 11.7. The van der Waals surface area contributed by atoms with Crippen molar-refractivity contribution >= 4 is 43.7 Å². The van der Waals surface area contributed by atoms with Crippen molar-refractivity contribution in [1.82, 2.24) is 0 Å². The van der Waals surface area contributed by atoms with Gasteiger partial charge in [-0.3, -0.25) is 0 Å². The van der Waals surface area contributed by atoms with Gasteiger partial charge >= 0.3 is 0 Å². The quantitative estimate of drug-likeness (QED) is 0.101. The van der Waals surface area contributed by atoms with Gasteiger partial charge in [0.05, 0.1) is 0 Å². The van der Waals surface area contributed by atoms with E-state index in [0.717, 1.165) is 45.2 Å². The van der Waals surface area contributed by atoms with E-state index in [-0.39, 0.29) is 44.3 Å². The number of benzene rings is 4. The number of aliphatic hydroxyl groups excluding tert-OH is 1. The largest absolute Gasteiger partial charge is 0.407 e. The minimum atomic E-state index is -2.53. The first kappa shape index (κ1) is 49.9. The second kappa shape index (κ2) is 19.1. The van der Waals surface area contributed by atoms with E-state index < -0.39 is 16.6 Å². The molecule has 2 fully saturated rings. The number of aldehydes is 1. The number of carbonyl (C=O) groups is 1. The van der Waals surface area contributed by atoms with Crippen LogP contribution in [-0.2, 0) is 13.6 Å². The molecular weight excluding hydrogens is 793 g/mol. The van der Waals surface area contributed by atoms with Crippen molar-refractivity contribution in [2.24, 2.45) is 45.3 Å². The lowest BCUT2D eigenvalue weighted by atomic mass is 9.60. The summed E-state index contributed by atoms with van der Waals surface area (Å²) in [6.45, 7) is 34.2. The first-order valence-corrected chi connectivity index (χ1v) is 27.4. The van der Waals surface area contributed by atoms with E-state index in [9.17, 15) is 9.90 Å². The minimum absolute atomic E-state index is 0.000146. The van der Waals surface area contributed by atoms with Gasteiger partial charge in [0, 0.05) is 25.7 Å². The fourth-order valence-electron chi connectivity index (χ4n) is 11.9. The zero-order valence-electron chi connectivity index (χ0n) is 41.1. The minimum Gasteiger partial charge on any atom is -0.407 e. The van der Waals surface area contributed by atoms with E-state index >= 15 is 0 Å². The normalized spacial score (nSPS) is 24.8. The van der Waals surface area contributed by atoms with Gasteiger partial charge in [0.1, 0.15) is 6.29 Å². The lowest BCUT2D eigenvalue weighted by molar-refractivity contribution is -0.117. The molecular formula is C56H82O4Si2. The Labute approximate surface area is 379 Å². The first-order valence-electron chi connectivity index (χ1n) is 23.6. The standard InChI is InChI=1S/C28H42O2Si.C28H40O2Si/c2*1-22(20-29)28(7)19-18-23(27(28,5)6)21-30-31(26(2,3)4,24-14-10-8-11-15-24)25-16-12-9-13-17-25/h8-17,22-23,29H,18-21H2,1-7H3;8-17,20,22-23H,18-19,21H2,1-7H3/t2*22-,23-,28+/m00/s1.